The molecule has 12 rings (SSSR count). The van der Waals surface area contributed by atoms with E-state index in [0.717, 1.165) is 76.9 Å². The first-order valence-corrected chi connectivity index (χ1v) is 32.1. The largest absolute Gasteiger partial charge is 0.491 e. The average Bonchev–Trinajstić information content (AvgIpc) is 1.23. The highest BCUT2D eigenvalue weighted by atomic mass is 32.2. The minimum atomic E-state index is -4.70. The fourth-order valence-electron chi connectivity index (χ4n) is 14.5. The summed E-state index contributed by atoms with van der Waals surface area (Å²) in [6, 6.07) is 24.7. The lowest BCUT2D eigenvalue weighted by Crippen LogP contribution is -2.64. The molecule has 4 aromatic heterocycles. The second kappa shape index (κ2) is 25.8. The van der Waals surface area contributed by atoms with Gasteiger partial charge in [-0.3, -0.25) is 43.4 Å². The van der Waals surface area contributed by atoms with E-state index < -0.39 is 69.6 Å². The van der Waals surface area contributed by atoms with Crippen molar-refractivity contribution in [3.05, 3.63) is 126 Å². The maximum Gasteiger partial charge on any atom is 0.409 e. The number of imide groups is 1. The van der Waals surface area contributed by atoms with Crippen molar-refractivity contribution in [3.8, 4) is 28.3 Å². The second-order valence-electron chi connectivity index (χ2n) is 24.8. The number of anilines is 1. The molecule has 4 fully saturated rings. The summed E-state index contributed by atoms with van der Waals surface area (Å²) in [5.41, 5.74) is 4.48. The number of benzene rings is 3. The first-order chi connectivity index (χ1) is 43.4. The molecule has 6 amide bonds. The molecule has 6 N–H and O–H groups in total. The van der Waals surface area contributed by atoms with Gasteiger partial charge in [0.25, 0.3) is 27.8 Å². The van der Waals surface area contributed by atoms with Crippen LogP contribution in [0.4, 0.5) is 9.93 Å². The van der Waals surface area contributed by atoms with Gasteiger partial charge in [-0.25, -0.2) is 19.6 Å². The third-order valence-corrected chi connectivity index (χ3v) is 19.0. The molecule has 1 aliphatic heterocycles. The van der Waals surface area contributed by atoms with Crippen LogP contribution >= 0.6 is 11.3 Å². The molecule has 0 spiro atoms. The number of hydrogen-bond acceptors (Lipinski definition) is 17. The summed E-state index contributed by atoms with van der Waals surface area (Å²) in [5, 5.41) is 24.4. The Morgan fingerprint density at radius 2 is 1.67 bits per heavy atom. The number of rotatable bonds is 27. The normalized spacial score (nSPS) is 21.1. The Labute approximate surface area is 527 Å². The van der Waals surface area contributed by atoms with Crippen LogP contribution in [0.15, 0.2) is 97.2 Å². The number of carboxylic acids is 1. The van der Waals surface area contributed by atoms with Crippen molar-refractivity contribution in [2.75, 3.05) is 64.2 Å². The number of hydrogen-bond donors (Lipinski definition) is 6. The Bertz CT molecular complexity index is 4090. The molecule has 25 nitrogen and oxygen atoms in total. The Balaban J connectivity index is 0.654. The highest BCUT2D eigenvalue weighted by Crippen LogP contribution is 2.72. The molecule has 0 saturated heterocycles. The number of ether oxygens (including phenoxy) is 4. The number of fused-ring (bicyclic) bond motifs is 2. The molecule has 4 saturated carbocycles. The molecule has 91 heavy (non-hydrogen) atoms. The number of carbonyl (C=O) groups excluding carboxylic acids is 6. The van der Waals surface area contributed by atoms with Crippen LogP contribution in [0, 0.1) is 29.2 Å². The number of aromatic amines is 1. The molecular formula is C64H69N10O15S2. The summed E-state index contributed by atoms with van der Waals surface area (Å²) < 4.78 is 59.8. The van der Waals surface area contributed by atoms with Crippen LogP contribution in [-0.2, 0) is 56.7 Å². The fraction of sp³-hybridized carbons (Fsp3) is 0.406. The lowest BCUT2D eigenvalue weighted by atomic mass is 9.39. The molecule has 1 radical (unpaired) electrons. The van der Waals surface area contributed by atoms with E-state index in [1.54, 1.807) is 55.7 Å². The minimum absolute atomic E-state index is 0.000329. The molecule has 2 unspecified atom stereocenters. The van der Waals surface area contributed by atoms with Gasteiger partial charge in [-0.15, -0.1) is 0 Å². The van der Waals surface area contributed by atoms with Gasteiger partial charge >= 0.3 is 12.1 Å². The first kappa shape index (κ1) is 63.7. The number of H-pyrrole nitrogens is 1. The summed E-state index contributed by atoms with van der Waals surface area (Å²) in [6.07, 6.45) is 8.45. The molecule has 3 aromatic carbocycles. The fourth-order valence-corrected chi connectivity index (χ4v) is 16.1. The van der Waals surface area contributed by atoms with Crippen molar-refractivity contribution in [1.29, 1.82) is 0 Å². The van der Waals surface area contributed by atoms with Gasteiger partial charge in [0.2, 0.25) is 11.8 Å². The standard InChI is InChI=1S/C64H69N10O15S2/c1-39-44(42-16-17-45(68-55(42)58(80)81)47-28-40-11-9-12-43(54(40)69-47)56(78)71-59-70-46-13-6-8-15-50(46)90-59)29-66-74(39)38-63-33-61(2)32-62(3,34-63)36-64(35-61,37-63)89-25-23-72(4)60(82)88-30-41-10-5-7-14-49(41)87-27-26-86-24-21-65-57(79)48(31-91(83,84)85)67-51(75)20-22-73-52(76)18-19-53(73)77/h5-6,8-19,28-29,48,69H,20-27,30-38H2,1-4H3,(H,65,79)(H,67,75)(H,80,81)(H,70,71,78)(H,83,84,85)/t48-,61?,62?,63?,64?/m0/s1. The molecule has 3 atom stereocenters. The highest BCUT2D eigenvalue weighted by molar-refractivity contribution is 7.85. The van der Waals surface area contributed by atoms with E-state index in [0.29, 0.717) is 56.6 Å². The van der Waals surface area contributed by atoms with E-state index in [1.807, 2.05) is 48.0 Å². The Morgan fingerprint density at radius 1 is 0.901 bits per heavy atom. The van der Waals surface area contributed by atoms with E-state index in [-0.39, 0.29) is 80.5 Å². The molecule has 5 heterocycles. The SMILES string of the molecule is Cc1c(-c2ccc(-c3cc4cccc(C(=O)Nc5nc6ccccc6s5)c4[nH]3)nc2C(=O)O)cnn1CC12CC3(C)CC(C)(C1)CC(OCCN(C)C(=O)OCc1cc[c]cc1OCCOCCNC(=O)[C@H](CS(=O)(=O)O)NC(=O)CCN1C(=O)C=CC1=O)(C3)C2. The third-order valence-electron chi connectivity index (χ3n) is 17.3. The van der Waals surface area contributed by atoms with Crippen LogP contribution in [0.3, 0.4) is 0 Å². The van der Waals surface area contributed by atoms with E-state index in [9.17, 15) is 51.6 Å². The zero-order valence-electron chi connectivity index (χ0n) is 50.5. The summed E-state index contributed by atoms with van der Waals surface area (Å²) >= 11 is 1.39. The number of amides is 6. The third kappa shape index (κ3) is 14.5. The summed E-state index contributed by atoms with van der Waals surface area (Å²) in [4.78, 5) is 104. The van der Waals surface area contributed by atoms with Crippen molar-refractivity contribution in [2.45, 2.75) is 90.5 Å². The maximum atomic E-state index is 13.6. The Morgan fingerprint density at radius 3 is 2.42 bits per heavy atom. The summed E-state index contributed by atoms with van der Waals surface area (Å²) in [5.74, 6) is -5.21. The molecule has 5 aliphatic rings. The predicted octanol–water partition coefficient (Wildman–Crippen LogP) is 7.37. The van der Waals surface area contributed by atoms with Gasteiger partial charge < -0.3 is 44.6 Å². The van der Waals surface area contributed by atoms with E-state index in [1.165, 1.54) is 16.2 Å². The number of likely N-dealkylation sites (N-methyl/N-ethyl adjacent to an activating group) is 1. The zero-order chi connectivity index (χ0) is 64.5. The number of thiazole rings is 1. The molecule has 27 heteroatoms. The van der Waals surface area contributed by atoms with Crippen LogP contribution < -0.4 is 20.7 Å². The van der Waals surface area contributed by atoms with E-state index in [4.69, 9.17) is 24.0 Å². The van der Waals surface area contributed by atoms with Gasteiger partial charge in [0, 0.05) is 79.6 Å². The first-order valence-electron chi connectivity index (χ1n) is 29.7. The van der Waals surface area contributed by atoms with Gasteiger partial charge in [-0.1, -0.05) is 61.6 Å². The van der Waals surface area contributed by atoms with Gasteiger partial charge in [0.05, 0.1) is 64.3 Å². The highest BCUT2D eigenvalue weighted by Gasteiger charge is 2.66. The van der Waals surface area contributed by atoms with Crippen LogP contribution in [-0.4, -0.2) is 165 Å². The maximum absolute atomic E-state index is 13.6. The molecule has 4 aliphatic carbocycles. The topological polar surface area (TPSA) is 333 Å². The van der Waals surface area contributed by atoms with Crippen LogP contribution in [0.25, 0.3) is 43.6 Å². The number of carboxylic acid groups (broad SMARTS) is 1. The number of para-hydroxylation sites is 2. The van der Waals surface area contributed by atoms with Crippen LogP contribution in [0.5, 0.6) is 5.75 Å². The number of aromatic carboxylic acids is 1. The van der Waals surface area contributed by atoms with Crippen LogP contribution in [0.2, 0.25) is 0 Å². The van der Waals surface area contributed by atoms with Gasteiger partial charge in [0.15, 0.2) is 10.8 Å². The predicted molar refractivity (Wildman–Crippen MR) is 333 cm³/mol. The number of carbonyl (C=O) groups is 7. The summed E-state index contributed by atoms with van der Waals surface area (Å²) in [6.45, 7) is 7.42. The van der Waals surface area contributed by atoms with Gasteiger partial charge in [-0.2, -0.15) is 13.5 Å². The van der Waals surface area contributed by atoms with Gasteiger partial charge in [0.1, 0.15) is 30.8 Å². The number of pyridine rings is 1. The quantitative estimate of drug-likeness (QED) is 0.0166. The number of nitrogens with one attached hydrogen (secondary N) is 4. The molecular weight excluding hydrogens is 1210 g/mol. The zero-order valence-corrected chi connectivity index (χ0v) is 52.2. The van der Waals surface area contributed by atoms with Crippen molar-refractivity contribution in [2.24, 2.45) is 16.2 Å². The van der Waals surface area contributed by atoms with Crippen molar-refractivity contribution in [1.82, 2.24) is 45.2 Å². The number of nitrogens with zero attached hydrogens (tertiary/aromatic N) is 6. The molecule has 477 valence electrons. The lowest BCUT2D eigenvalue weighted by molar-refractivity contribution is -0.248. The smallest absolute Gasteiger partial charge is 0.409 e. The van der Waals surface area contributed by atoms with E-state index >= 15 is 0 Å². The molecule has 7 aromatic rings. The summed E-state index contributed by atoms with van der Waals surface area (Å²) in [7, 11) is -3.05. The molecule has 4 bridgehead atoms. The average molecular weight is 1280 g/mol. The Hall–Kier alpha value is -8.89. The minimum Gasteiger partial charge on any atom is -0.491 e. The van der Waals surface area contributed by atoms with Crippen molar-refractivity contribution >= 4 is 89.3 Å². The number of aromatic nitrogens is 5. The lowest BCUT2D eigenvalue weighted by Gasteiger charge is -2.69. The van der Waals surface area contributed by atoms with Crippen molar-refractivity contribution in [3.63, 3.8) is 0 Å². The van der Waals surface area contributed by atoms with E-state index in [2.05, 4.69) is 50.8 Å². The Kier molecular flexibility index (Phi) is 18.0. The van der Waals surface area contributed by atoms with Crippen LogP contribution in [0.1, 0.15) is 90.9 Å². The monoisotopic (exact) mass is 1280 g/mol. The van der Waals surface area contributed by atoms with Crippen molar-refractivity contribution < 1.29 is 70.6 Å². The second-order valence-corrected chi connectivity index (χ2v) is 27.4. The van der Waals surface area contributed by atoms with Gasteiger partial charge in [-0.05, 0) is 110 Å².